The van der Waals surface area contributed by atoms with Gasteiger partial charge in [0.05, 0.1) is 5.70 Å². The van der Waals surface area contributed by atoms with E-state index in [2.05, 4.69) is 55.2 Å². The Labute approximate surface area is 108 Å². The summed E-state index contributed by atoms with van der Waals surface area (Å²) in [6.07, 6.45) is 6.73. The summed E-state index contributed by atoms with van der Waals surface area (Å²) in [6, 6.07) is 8.67. The van der Waals surface area contributed by atoms with Gasteiger partial charge in [0.2, 0.25) is 0 Å². The van der Waals surface area contributed by atoms with Crippen LogP contribution in [0.3, 0.4) is 0 Å². The van der Waals surface area contributed by atoms with Crippen molar-refractivity contribution < 1.29 is 4.74 Å². The number of rotatable bonds is 0. The van der Waals surface area contributed by atoms with Crippen molar-refractivity contribution in [3.05, 3.63) is 53.4 Å². The van der Waals surface area contributed by atoms with Crippen molar-refractivity contribution in [2.75, 3.05) is 4.90 Å². The molecule has 0 spiro atoms. The van der Waals surface area contributed by atoms with Crippen LogP contribution in [0.1, 0.15) is 32.3 Å². The fraction of sp³-hybridized carbons (Fsp3) is 0.375. The molecule has 1 aliphatic carbocycles. The topological polar surface area (TPSA) is 12.5 Å². The van der Waals surface area contributed by atoms with Gasteiger partial charge in [-0.05, 0) is 24.1 Å². The Balaban J connectivity index is 1.92. The second kappa shape index (κ2) is 3.19. The van der Waals surface area contributed by atoms with Gasteiger partial charge in [-0.25, -0.2) is 0 Å². The predicted octanol–water partition coefficient (Wildman–Crippen LogP) is 3.70. The maximum Gasteiger partial charge on any atom is 0.185 e. The van der Waals surface area contributed by atoms with Gasteiger partial charge >= 0.3 is 0 Å². The summed E-state index contributed by atoms with van der Waals surface area (Å²) >= 11 is 0. The Morgan fingerprint density at radius 3 is 3.00 bits per heavy atom. The van der Waals surface area contributed by atoms with E-state index in [9.17, 15) is 0 Å². The van der Waals surface area contributed by atoms with E-state index in [1.165, 1.54) is 22.7 Å². The predicted molar refractivity (Wildman–Crippen MR) is 72.2 cm³/mol. The molecular formula is C16H17NO. The number of nitrogens with zero attached hydrogens (tertiary/aromatic N) is 1. The van der Waals surface area contributed by atoms with Crippen LogP contribution in [0, 0.1) is 0 Å². The summed E-state index contributed by atoms with van der Waals surface area (Å²) < 4.78 is 6.24. The van der Waals surface area contributed by atoms with E-state index in [1.807, 2.05) is 0 Å². The van der Waals surface area contributed by atoms with Crippen LogP contribution in [0.5, 0.6) is 0 Å². The molecule has 0 amide bonds. The molecule has 0 saturated carbocycles. The van der Waals surface area contributed by atoms with Crippen LogP contribution in [0.25, 0.3) is 0 Å². The zero-order chi connectivity index (χ0) is 12.3. The molecule has 0 aromatic heterocycles. The summed E-state index contributed by atoms with van der Waals surface area (Å²) in [7, 11) is 0. The van der Waals surface area contributed by atoms with E-state index in [0.29, 0.717) is 0 Å². The van der Waals surface area contributed by atoms with Crippen LogP contribution in [0.4, 0.5) is 5.69 Å². The van der Waals surface area contributed by atoms with E-state index >= 15 is 0 Å². The van der Waals surface area contributed by atoms with Crippen molar-refractivity contribution in [3.8, 4) is 0 Å². The number of benzene rings is 1. The Hall–Kier alpha value is -1.70. The minimum atomic E-state index is 0.0434. The fourth-order valence-electron chi connectivity index (χ4n) is 3.37. The van der Waals surface area contributed by atoms with E-state index in [0.717, 1.165) is 12.8 Å². The molecule has 2 aliphatic heterocycles. The van der Waals surface area contributed by atoms with E-state index in [4.69, 9.17) is 4.74 Å². The minimum absolute atomic E-state index is 0.0434. The summed E-state index contributed by atoms with van der Waals surface area (Å²) in [4.78, 5) is 2.38. The molecule has 0 radical (unpaired) electrons. The lowest BCUT2D eigenvalue weighted by Crippen LogP contribution is -2.38. The van der Waals surface area contributed by atoms with Gasteiger partial charge in [0.1, 0.15) is 5.76 Å². The molecule has 1 unspecified atom stereocenters. The van der Waals surface area contributed by atoms with Gasteiger partial charge in [-0.2, -0.15) is 0 Å². The lowest BCUT2D eigenvalue weighted by molar-refractivity contribution is 0.0876. The lowest BCUT2D eigenvalue weighted by atomic mass is 9.85. The number of allylic oxidation sites excluding steroid dienone is 3. The maximum absolute atomic E-state index is 6.24. The first-order chi connectivity index (χ1) is 8.69. The largest absolute Gasteiger partial charge is 0.471 e. The number of anilines is 1. The molecule has 0 N–H and O–H groups in total. The van der Waals surface area contributed by atoms with Crippen LogP contribution < -0.4 is 4.90 Å². The standard InChI is InChI=1S/C16H17NO/c1-16(2)11-7-3-4-8-12(11)17-13-9-5-6-10-14(13)18-15(16)17/h3-5,7-9,15H,6,10H2,1-2H3. The molecule has 0 bridgehead atoms. The molecule has 4 rings (SSSR count). The maximum atomic E-state index is 6.24. The molecule has 2 heteroatoms. The first-order valence-electron chi connectivity index (χ1n) is 6.65. The van der Waals surface area contributed by atoms with Crippen molar-refractivity contribution in [2.45, 2.75) is 38.3 Å². The van der Waals surface area contributed by atoms with Crippen molar-refractivity contribution in [3.63, 3.8) is 0 Å². The van der Waals surface area contributed by atoms with Gasteiger partial charge in [0.25, 0.3) is 0 Å². The molecule has 18 heavy (non-hydrogen) atoms. The number of ether oxygens (including phenoxy) is 1. The van der Waals surface area contributed by atoms with Crippen LogP contribution in [-0.2, 0) is 10.2 Å². The van der Waals surface area contributed by atoms with E-state index < -0.39 is 0 Å². The quantitative estimate of drug-likeness (QED) is 0.684. The Morgan fingerprint density at radius 1 is 1.28 bits per heavy atom. The third-order valence-electron chi connectivity index (χ3n) is 4.32. The van der Waals surface area contributed by atoms with Crippen molar-refractivity contribution >= 4 is 5.69 Å². The number of hydrogen-bond acceptors (Lipinski definition) is 2. The average Bonchev–Trinajstić information content (AvgIpc) is 2.87. The lowest BCUT2D eigenvalue weighted by Gasteiger charge is -2.28. The number of fused-ring (bicyclic) bond motifs is 4. The number of para-hydroxylation sites is 1. The first kappa shape index (κ1) is 10.2. The molecule has 92 valence electrons. The molecule has 1 aromatic carbocycles. The highest BCUT2D eigenvalue weighted by atomic mass is 16.5. The van der Waals surface area contributed by atoms with Gasteiger partial charge < -0.3 is 9.64 Å². The monoisotopic (exact) mass is 239 g/mol. The van der Waals surface area contributed by atoms with E-state index in [-0.39, 0.29) is 11.6 Å². The molecule has 2 nitrogen and oxygen atoms in total. The molecule has 1 aromatic rings. The van der Waals surface area contributed by atoms with Gasteiger partial charge in [0.15, 0.2) is 6.23 Å². The minimum Gasteiger partial charge on any atom is -0.471 e. The van der Waals surface area contributed by atoms with Crippen molar-refractivity contribution in [2.24, 2.45) is 0 Å². The summed E-state index contributed by atoms with van der Waals surface area (Å²) in [5.41, 5.74) is 4.01. The molecule has 1 atom stereocenters. The SMILES string of the molecule is CC1(C)c2ccccc2N2C3=C(CCC=C3)OC21. The third-order valence-corrected chi connectivity index (χ3v) is 4.32. The molecule has 3 aliphatic rings. The Kier molecular flexibility index (Phi) is 1.82. The summed E-state index contributed by atoms with van der Waals surface area (Å²) in [6.45, 7) is 4.55. The second-order valence-corrected chi connectivity index (χ2v) is 5.83. The molecule has 2 heterocycles. The number of hydrogen-bond donors (Lipinski definition) is 0. The van der Waals surface area contributed by atoms with Crippen molar-refractivity contribution in [1.82, 2.24) is 0 Å². The van der Waals surface area contributed by atoms with Gasteiger partial charge in [-0.15, -0.1) is 0 Å². The summed E-state index contributed by atoms with van der Waals surface area (Å²) in [5, 5.41) is 0. The zero-order valence-electron chi connectivity index (χ0n) is 10.8. The molecular weight excluding hydrogens is 222 g/mol. The highest BCUT2D eigenvalue weighted by Crippen LogP contribution is 2.52. The Morgan fingerprint density at radius 2 is 2.11 bits per heavy atom. The normalized spacial score (nSPS) is 26.8. The average molecular weight is 239 g/mol. The Bertz CT molecular complexity index is 583. The highest BCUT2D eigenvalue weighted by molar-refractivity contribution is 5.70. The second-order valence-electron chi connectivity index (χ2n) is 5.83. The van der Waals surface area contributed by atoms with Crippen molar-refractivity contribution in [1.29, 1.82) is 0 Å². The van der Waals surface area contributed by atoms with Gasteiger partial charge in [-0.1, -0.05) is 38.1 Å². The van der Waals surface area contributed by atoms with Crippen LogP contribution >= 0.6 is 0 Å². The van der Waals surface area contributed by atoms with Gasteiger partial charge in [0, 0.05) is 17.5 Å². The smallest absolute Gasteiger partial charge is 0.185 e. The zero-order valence-corrected chi connectivity index (χ0v) is 10.8. The van der Waals surface area contributed by atoms with E-state index in [1.54, 1.807) is 0 Å². The third kappa shape index (κ3) is 1.08. The molecule has 0 saturated heterocycles. The van der Waals surface area contributed by atoms with Gasteiger partial charge in [-0.3, -0.25) is 0 Å². The first-order valence-corrected chi connectivity index (χ1v) is 6.65. The summed E-state index contributed by atoms with van der Waals surface area (Å²) in [5.74, 6) is 1.17. The van der Waals surface area contributed by atoms with Crippen LogP contribution in [0.15, 0.2) is 47.9 Å². The molecule has 0 fully saturated rings. The van der Waals surface area contributed by atoms with Crippen LogP contribution in [-0.4, -0.2) is 6.23 Å². The van der Waals surface area contributed by atoms with Crippen LogP contribution in [0.2, 0.25) is 0 Å². The fourth-order valence-corrected chi connectivity index (χ4v) is 3.37. The highest BCUT2D eigenvalue weighted by Gasteiger charge is 2.51.